The molecule has 0 saturated heterocycles. The molecule has 0 saturated carbocycles. The van der Waals surface area contributed by atoms with Crippen molar-refractivity contribution in [3.8, 4) is 0 Å². The summed E-state index contributed by atoms with van der Waals surface area (Å²) in [5.41, 5.74) is 0.968. The van der Waals surface area contributed by atoms with Crippen LogP contribution in [0.2, 0.25) is 0 Å². The molecule has 0 bridgehead atoms. The molecule has 0 heterocycles. The Morgan fingerprint density at radius 1 is 1.00 bits per heavy atom. The van der Waals surface area contributed by atoms with Crippen LogP contribution in [0.25, 0.3) is 0 Å². The number of nitrogens with one attached hydrogen (secondary N) is 2. The average molecular weight is 366 g/mol. The van der Waals surface area contributed by atoms with Gasteiger partial charge in [0.25, 0.3) is 5.91 Å². The normalized spacial score (nSPS) is 11.7. The molecule has 0 aliphatic rings. The van der Waals surface area contributed by atoms with Crippen molar-refractivity contribution in [1.29, 1.82) is 0 Å². The van der Waals surface area contributed by atoms with E-state index in [4.69, 9.17) is 0 Å². The number of carbonyl (C=O) groups is 2. The van der Waals surface area contributed by atoms with E-state index in [1.54, 1.807) is 12.2 Å². The maximum absolute atomic E-state index is 13.2. The molecule has 0 spiro atoms. The van der Waals surface area contributed by atoms with Crippen LogP contribution in [0.4, 0.5) is 18.9 Å². The van der Waals surface area contributed by atoms with Crippen LogP contribution in [0.5, 0.6) is 0 Å². The third-order valence-electron chi connectivity index (χ3n) is 3.70. The summed E-state index contributed by atoms with van der Waals surface area (Å²) in [6.07, 6.45) is 0. The average Bonchev–Trinajstić information content (AvgIpc) is 2.62. The van der Waals surface area contributed by atoms with Gasteiger partial charge in [-0.15, -0.1) is 0 Å². The number of hydrogen-bond donors (Lipinski definition) is 3. The summed E-state index contributed by atoms with van der Waals surface area (Å²) in [6.45, 7) is 1.54. The Hall–Kier alpha value is -2.87. The highest BCUT2D eigenvalue weighted by molar-refractivity contribution is 5.94. The quantitative estimate of drug-likeness (QED) is 0.695. The summed E-state index contributed by atoms with van der Waals surface area (Å²) >= 11 is 0. The predicted molar refractivity (Wildman–Crippen MR) is 89.6 cm³/mol. The van der Waals surface area contributed by atoms with E-state index in [1.807, 2.05) is 0 Å². The van der Waals surface area contributed by atoms with E-state index in [2.05, 4.69) is 10.6 Å². The van der Waals surface area contributed by atoms with Crippen molar-refractivity contribution < 1.29 is 28.1 Å². The molecule has 0 aliphatic carbocycles. The van der Waals surface area contributed by atoms with E-state index in [0.29, 0.717) is 11.3 Å². The number of amides is 2. The summed E-state index contributed by atoms with van der Waals surface area (Å²) in [5, 5.41) is 6.61. The molecule has 0 aromatic heterocycles. The first-order chi connectivity index (χ1) is 12.3. The van der Waals surface area contributed by atoms with Gasteiger partial charge in [0.1, 0.15) is 11.9 Å². The first-order valence-corrected chi connectivity index (χ1v) is 7.95. The molecule has 0 aliphatic heterocycles. The minimum Gasteiger partial charge on any atom is -0.342 e. The molecule has 8 heteroatoms. The number of quaternary nitrogens is 1. The van der Waals surface area contributed by atoms with Crippen molar-refractivity contribution in [3.63, 3.8) is 0 Å². The van der Waals surface area contributed by atoms with Crippen LogP contribution in [0, 0.1) is 17.5 Å². The lowest BCUT2D eigenvalue weighted by Gasteiger charge is -2.11. The van der Waals surface area contributed by atoms with Gasteiger partial charge in [0.05, 0.1) is 6.54 Å². The van der Waals surface area contributed by atoms with Crippen molar-refractivity contribution in [1.82, 2.24) is 5.32 Å². The number of rotatable bonds is 7. The second-order valence-corrected chi connectivity index (χ2v) is 5.73. The van der Waals surface area contributed by atoms with E-state index in [9.17, 15) is 22.8 Å². The molecule has 2 aromatic carbocycles. The SMILES string of the molecule is C[C@@H]([NH2+]CC(=O)NCC(=O)Nc1ccc(F)cc1)c1ccc(F)c(F)c1. The van der Waals surface area contributed by atoms with Crippen LogP contribution in [-0.4, -0.2) is 24.9 Å². The highest BCUT2D eigenvalue weighted by atomic mass is 19.2. The summed E-state index contributed by atoms with van der Waals surface area (Å²) in [5.74, 6) is -3.11. The van der Waals surface area contributed by atoms with Crippen LogP contribution in [0.1, 0.15) is 18.5 Å². The van der Waals surface area contributed by atoms with Gasteiger partial charge in [0.2, 0.25) is 5.91 Å². The zero-order chi connectivity index (χ0) is 19.1. The largest absolute Gasteiger partial charge is 0.342 e. The molecule has 138 valence electrons. The number of hydrogen-bond acceptors (Lipinski definition) is 2. The first kappa shape index (κ1) is 19.5. The van der Waals surface area contributed by atoms with Crippen molar-refractivity contribution in [2.24, 2.45) is 0 Å². The van der Waals surface area contributed by atoms with Gasteiger partial charge in [0.15, 0.2) is 18.2 Å². The second-order valence-electron chi connectivity index (χ2n) is 5.73. The lowest BCUT2D eigenvalue weighted by molar-refractivity contribution is -0.682. The molecule has 0 radical (unpaired) electrons. The number of benzene rings is 2. The maximum Gasteiger partial charge on any atom is 0.275 e. The van der Waals surface area contributed by atoms with E-state index < -0.39 is 23.4 Å². The minimum absolute atomic E-state index is 0.0178. The Kier molecular flexibility index (Phi) is 6.74. The number of anilines is 1. The lowest BCUT2D eigenvalue weighted by Crippen LogP contribution is -2.87. The van der Waals surface area contributed by atoms with Gasteiger partial charge in [0, 0.05) is 11.3 Å². The smallest absolute Gasteiger partial charge is 0.275 e. The summed E-state index contributed by atoms with van der Waals surface area (Å²) in [4.78, 5) is 23.5. The fourth-order valence-corrected chi connectivity index (χ4v) is 2.20. The Morgan fingerprint density at radius 2 is 1.69 bits per heavy atom. The summed E-state index contributed by atoms with van der Waals surface area (Å²) in [6, 6.07) is 8.56. The second kappa shape index (κ2) is 9.00. The molecule has 2 rings (SSSR count). The minimum atomic E-state index is -0.940. The highest BCUT2D eigenvalue weighted by Crippen LogP contribution is 2.13. The molecular weight excluding hydrogens is 347 g/mol. The Morgan fingerprint density at radius 3 is 2.35 bits per heavy atom. The van der Waals surface area contributed by atoms with Crippen LogP contribution in [-0.2, 0) is 9.59 Å². The van der Waals surface area contributed by atoms with E-state index in [-0.39, 0.29) is 25.0 Å². The Labute approximate surface area is 148 Å². The Balaban J connectivity index is 1.73. The highest BCUT2D eigenvalue weighted by Gasteiger charge is 2.14. The molecule has 0 unspecified atom stereocenters. The van der Waals surface area contributed by atoms with Crippen molar-refractivity contribution >= 4 is 17.5 Å². The van der Waals surface area contributed by atoms with Crippen LogP contribution < -0.4 is 16.0 Å². The molecule has 5 nitrogen and oxygen atoms in total. The van der Waals surface area contributed by atoms with Crippen molar-refractivity contribution in [3.05, 3.63) is 65.5 Å². The third-order valence-corrected chi connectivity index (χ3v) is 3.70. The molecular formula is C18H19F3N3O2+. The van der Waals surface area contributed by atoms with Crippen LogP contribution in [0.15, 0.2) is 42.5 Å². The standard InChI is InChI=1S/C18H18F3N3O2/c1-11(12-2-7-15(20)16(21)8-12)22-9-17(25)23-10-18(26)24-14-5-3-13(19)4-6-14/h2-8,11,22H,9-10H2,1H3,(H,23,25)(H,24,26)/p+1/t11-/m1/s1. The van der Waals surface area contributed by atoms with Crippen LogP contribution in [0.3, 0.4) is 0 Å². The van der Waals surface area contributed by atoms with Gasteiger partial charge in [-0.3, -0.25) is 9.59 Å². The number of carbonyl (C=O) groups excluding carboxylic acids is 2. The molecule has 0 fully saturated rings. The molecule has 1 atom stereocenters. The topological polar surface area (TPSA) is 74.8 Å². The van der Waals surface area contributed by atoms with Gasteiger partial charge in [-0.2, -0.15) is 0 Å². The third kappa shape index (κ3) is 5.89. The molecule has 4 N–H and O–H groups in total. The lowest BCUT2D eigenvalue weighted by atomic mass is 10.1. The Bertz CT molecular complexity index is 782. The fourth-order valence-electron chi connectivity index (χ4n) is 2.20. The molecule has 2 amide bonds. The van der Waals surface area contributed by atoms with E-state index in [1.165, 1.54) is 30.3 Å². The summed E-state index contributed by atoms with van der Waals surface area (Å²) in [7, 11) is 0. The molecule has 26 heavy (non-hydrogen) atoms. The molecule has 2 aromatic rings. The van der Waals surface area contributed by atoms with Gasteiger partial charge in [-0.05, 0) is 49.4 Å². The first-order valence-electron chi connectivity index (χ1n) is 7.95. The van der Waals surface area contributed by atoms with Gasteiger partial charge >= 0.3 is 0 Å². The van der Waals surface area contributed by atoms with E-state index >= 15 is 0 Å². The van der Waals surface area contributed by atoms with Crippen molar-refractivity contribution in [2.75, 3.05) is 18.4 Å². The predicted octanol–water partition coefficient (Wildman–Crippen LogP) is 1.48. The number of halogens is 3. The number of nitrogens with two attached hydrogens (primary N) is 1. The zero-order valence-corrected chi connectivity index (χ0v) is 14.1. The van der Waals surface area contributed by atoms with Gasteiger partial charge in [-0.1, -0.05) is 0 Å². The maximum atomic E-state index is 13.2. The summed E-state index contributed by atoms with van der Waals surface area (Å²) < 4.78 is 38.9. The van der Waals surface area contributed by atoms with Gasteiger partial charge < -0.3 is 16.0 Å². The zero-order valence-electron chi connectivity index (χ0n) is 14.1. The van der Waals surface area contributed by atoms with Gasteiger partial charge in [-0.25, -0.2) is 13.2 Å². The van der Waals surface area contributed by atoms with Crippen LogP contribution >= 0.6 is 0 Å². The van der Waals surface area contributed by atoms with Crippen molar-refractivity contribution in [2.45, 2.75) is 13.0 Å². The van der Waals surface area contributed by atoms with E-state index in [0.717, 1.165) is 12.1 Å². The monoisotopic (exact) mass is 366 g/mol. The fraction of sp³-hybridized carbons (Fsp3) is 0.222.